The van der Waals surface area contributed by atoms with Gasteiger partial charge in [0.25, 0.3) is 5.91 Å². The molecule has 2 heterocycles. The van der Waals surface area contributed by atoms with Gasteiger partial charge in [0.15, 0.2) is 0 Å². The fraction of sp³-hybridized carbons (Fsp3) is 0.308. The molecule has 0 saturated heterocycles. The Bertz CT molecular complexity index is 676. The zero-order chi connectivity index (χ0) is 15.8. The van der Waals surface area contributed by atoms with E-state index in [9.17, 15) is 18.0 Å². The maximum absolute atomic E-state index is 12.8. The Morgan fingerprint density at radius 3 is 2.48 bits per heavy atom. The molecule has 0 unspecified atom stereocenters. The van der Waals surface area contributed by atoms with Crippen molar-refractivity contribution in [3.05, 3.63) is 35.8 Å². The number of hydrogen-bond donors (Lipinski definition) is 0. The lowest BCUT2D eigenvalue weighted by Crippen LogP contribution is -2.22. The van der Waals surface area contributed by atoms with Crippen molar-refractivity contribution >= 4 is 5.91 Å². The molecule has 0 saturated carbocycles. The summed E-state index contributed by atoms with van der Waals surface area (Å²) in [5.74, 6) is -0.330. The average molecular weight is 298 g/mol. The first-order valence-electron chi connectivity index (χ1n) is 5.99. The first-order chi connectivity index (χ1) is 9.70. The monoisotopic (exact) mass is 298 g/mol. The number of aryl methyl sites for hydroxylation is 1. The number of pyridine rings is 1. The largest absolute Gasteiger partial charge is 0.433 e. The summed E-state index contributed by atoms with van der Waals surface area (Å²) in [4.78, 5) is 17.1. The van der Waals surface area contributed by atoms with E-state index >= 15 is 0 Å². The summed E-state index contributed by atoms with van der Waals surface area (Å²) in [6, 6.07) is 3.87. The van der Waals surface area contributed by atoms with E-state index in [2.05, 4.69) is 10.1 Å². The Morgan fingerprint density at radius 2 is 1.95 bits per heavy atom. The lowest BCUT2D eigenvalue weighted by Gasteiger charge is -2.09. The van der Waals surface area contributed by atoms with Crippen molar-refractivity contribution in [2.45, 2.75) is 6.18 Å². The number of hydrogen-bond acceptors (Lipinski definition) is 3. The number of carbonyl (C=O) groups is 1. The molecule has 0 bridgehead atoms. The molecule has 2 aromatic rings. The summed E-state index contributed by atoms with van der Waals surface area (Å²) in [6.07, 6.45) is -3.11. The minimum Gasteiger partial charge on any atom is -0.343 e. The normalized spacial score (nSPS) is 11.5. The second-order valence-corrected chi connectivity index (χ2v) is 4.67. The van der Waals surface area contributed by atoms with Crippen molar-refractivity contribution in [3.8, 4) is 11.3 Å². The third-order valence-electron chi connectivity index (χ3n) is 2.85. The van der Waals surface area contributed by atoms with Gasteiger partial charge in [0.2, 0.25) is 0 Å². The van der Waals surface area contributed by atoms with Crippen molar-refractivity contribution in [3.63, 3.8) is 0 Å². The Morgan fingerprint density at radius 1 is 1.29 bits per heavy atom. The van der Waals surface area contributed by atoms with Crippen LogP contribution in [-0.4, -0.2) is 39.7 Å². The number of nitrogens with zero attached hydrogens (tertiary/aromatic N) is 4. The SMILES string of the molecule is CN(C)C(=O)c1cc(-c2cc(C(F)(F)F)n(C)n2)ccn1. The number of alkyl halides is 3. The van der Waals surface area contributed by atoms with Crippen LogP contribution in [0.25, 0.3) is 11.3 Å². The van der Waals surface area contributed by atoms with Crippen LogP contribution < -0.4 is 0 Å². The highest BCUT2D eigenvalue weighted by molar-refractivity contribution is 5.93. The predicted molar refractivity (Wildman–Crippen MR) is 69.5 cm³/mol. The summed E-state index contributed by atoms with van der Waals surface area (Å²) in [5.41, 5.74) is -0.159. The van der Waals surface area contributed by atoms with Crippen molar-refractivity contribution in [1.29, 1.82) is 0 Å². The molecule has 0 spiro atoms. The van der Waals surface area contributed by atoms with Gasteiger partial charge in [-0.25, -0.2) is 0 Å². The maximum atomic E-state index is 12.8. The number of amides is 1. The van der Waals surface area contributed by atoms with Crippen LogP contribution in [0.5, 0.6) is 0 Å². The van der Waals surface area contributed by atoms with Gasteiger partial charge < -0.3 is 4.90 Å². The molecular weight excluding hydrogens is 285 g/mol. The van der Waals surface area contributed by atoms with Gasteiger partial charge in [0, 0.05) is 32.9 Å². The zero-order valence-electron chi connectivity index (χ0n) is 11.6. The molecule has 0 radical (unpaired) electrons. The van der Waals surface area contributed by atoms with Gasteiger partial charge in [-0.3, -0.25) is 14.5 Å². The van der Waals surface area contributed by atoms with E-state index in [1.54, 1.807) is 14.1 Å². The van der Waals surface area contributed by atoms with Crippen LogP contribution in [0.4, 0.5) is 13.2 Å². The molecule has 0 aromatic carbocycles. The van der Waals surface area contributed by atoms with E-state index in [1.165, 1.54) is 30.3 Å². The number of halogens is 3. The minimum atomic E-state index is -4.48. The third kappa shape index (κ3) is 3.04. The molecule has 8 heteroatoms. The van der Waals surface area contributed by atoms with Crippen LogP contribution in [0, 0.1) is 0 Å². The van der Waals surface area contributed by atoms with Gasteiger partial charge in [0.1, 0.15) is 11.4 Å². The topological polar surface area (TPSA) is 51.0 Å². The lowest BCUT2D eigenvalue weighted by atomic mass is 10.1. The zero-order valence-corrected chi connectivity index (χ0v) is 11.6. The number of carbonyl (C=O) groups excluding carboxylic acids is 1. The van der Waals surface area contributed by atoms with Gasteiger partial charge in [0.05, 0.1) is 5.69 Å². The Kier molecular flexibility index (Phi) is 3.71. The van der Waals surface area contributed by atoms with E-state index in [4.69, 9.17) is 0 Å². The van der Waals surface area contributed by atoms with E-state index in [1.807, 2.05) is 0 Å². The standard InChI is InChI=1S/C13H13F3N4O/c1-19(2)12(21)10-6-8(4-5-17-10)9-7-11(13(14,15)16)20(3)18-9/h4-7H,1-3H3. The van der Waals surface area contributed by atoms with Crippen LogP contribution in [-0.2, 0) is 13.2 Å². The fourth-order valence-corrected chi connectivity index (χ4v) is 1.81. The van der Waals surface area contributed by atoms with Crippen LogP contribution in [0.3, 0.4) is 0 Å². The summed E-state index contributed by atoms with van der Waals surface area (Å²) in [5, 5.41) is 3.84. The van der Waals surface area contributed by atoms with Crippen molar-refractivity contribution in [2.75, 3.05) is 14.1 Å². The first-order valence-corrected chi connectivity index (χ1v) is 5.99. The van der Waals surface area contributed by atoms with Crippen LogP contribution >= 0.6 is 0 Å². The number of aromatic nitrogens is 3. The highest BCUT2D eigenvalue weighted by Gasteiger charge is 2.35. The molecule has 0 aliphatic rings. The molecule has 1 amide bonds. The molecule has 0 fully saturated rings. The maximum Gasteiger partial charge on any atom is 0.433 e. The molecule has 5 nitrogen and oxygen atoms in total. The second-order valence-electron chi connectivity index (χ2n) is 4.67. The first kappa shape index (κ1) is 15.0. The average Bonchev–Trinajstić information content (AvgIpc) is 2.80. The lowest BCUT2D eigenvalue weighted by molar-refractivity contribution is -0.143. The minimum absolute atomic E-state index is 0.139. The molecule has 112 valence electrons. The summed E-state index contributed by atoms with van der Waals surface area (Å²) >= 11 is 0. The van der Waals surface area contributed by atoms with Gasteiger partial charge in [-0.2, -0.15) is 18.3 Å². The van der Waals surface area contributed by atoms with E-state index in [0.29, 0.717) is 5.56 Å². The molecule has 2 aromatic heterocycles. The number of rotatable bonds is 2. The van der Waals surface area contributed by atoms with Crippen molar-refractivity contribution in [2.24, 2.45) is 7.05 Å². The van der Waals surface area contributed by atoms with Crippen molar-refractivity contribution < 1.29 is 18.0 Å². The molecule has 2 rings (SSSR count). The third-order valence-corrected chi connectivity index (χ3v) is 2.85. The van der Waals surface area contributed by atoms with Crippen LogP contribution in [0.1, 0.15) is 16.2 Å². The fourth-order valence-electron chi connectivity index (χ4n) is 1.81. The predicted octanol–water partition coefficient (Wildman–Crippen LogP) is 2.20. The molecule has 21 heavy (non-hydrogen) atoms. The van der Waals surface area contributed by atoms with E-state index in [0.717, 1.165) is 10.7 Å². The Hall–Kier alpha value is -2.38. The second kappa shape index (κ2) is 5.19. The van der Waals surface area contributed by atoms with Gasteiger partial charge in [-0.05, 0) is 18.2 Å². The van der Waals surface area contributed by atoms with Crippen LogP contribution in [0.2, 0.25) is 0 Å². The van der Waals surface area contributed by atoms with Crippen molar-refractivity contribution in [1.82, 2.24) is 19.7 Å². The molecule has 0 aliphatic carbocycles. The summed E-state index contributed by atoms with van der Waals surface area (Å²) < 4.78 is 39.0. The molecule has 0 atom stereocenters. The molecule has 0 N–H and O–H groups in total. The summed E-state index contributed by atoms with van der Waals surface area (Å²) in [7, 11) is 4.36. The smallest absolute Gasteiger partial charge is 0.343 e. The molecular formula is C13H13F3N4O. The van der Waals surface area contributed by atoms with Gasteiger partial charge in [-0.15, -0.1) is 0 Å². The van der Waals surface area contributed by atoms with E-state index < -0.39 is 11.9 Å². The van der Waals surface area contributed by atoms with Gasteiger partial charge in [-0.1, -0.05) is 0 Å². The summed E-state index contributed by atoms with van der Waals surface area (Å²) in [6.45, 7) is 0. The Labute approximate surface area is 119 Å². The Balaban J connectivity index is 2.44. The van der Waals surface area contributed by atoms with E-state index in [-0.39, 0.29) is 17.3 Å². The molecule has 0 aliphatic heterocycles. The van der Waals surface area contributed by atoms with Gasteiger partial charge >= 0.3 is 6.18 Å². The van der Waals surface area contributed by atoms with Crippen LogP contribution in [0.15, 0.2) is 24.4 Å². The quantitative estimate of drug-likeness (QED) is 0.854. The highest BCUT2D eigenvalue weighted by atomic mass is 19.4. The highest BCUT2D eigenvalue weighted by Crippen LogP contribution is 2.31.